The predicted molar refractivity (Wildman–Crippen MR) is 87.0 cm³/mol. The highest BCUT2D eigenvalue weighted by molar-refractivity contribution is 6.01. The number of rotatable bonds is 1. The number of nitrogens with one attached hydrogen (secondary N) is 3. The van der Waals surface area contributed by atoms with Gasteiger partial charge in [-0.2, -0.15) is 9.68 Å². The lowest BCUT2D eigenvalue weighted by atomic mass is 9.80. The fourth-order valence-electron chi connectivity index (χ4n) is 3.57. The van der Waals surface area contributed by atoms with Gasteiger partial charge in [-0.1, -0.05) is 6.07 Å². The van der Waals surface area contributed by atoms with Gasteiger partial charge in [0, 0.05) is 12.6 Å². The van der Waals surface area contributed by atoms with Crippen molar-refractivity contribution in [1.82, 2.24) is 4.74 Å². The smallest absolute Gasteiger partial charge is 0.363 e. The molecule has 0 amide bonds. The minimum Gasteiger partial charge on any atom is -0.367 e. The Morgan fingerprint density at radius 2 is 2.00 bits per heavy atom. The Bertz CT molecular complexity index is 1000. The summed E-state index contributed by atoms with van der Waals surface area (Å²) < 4.78 is 11.9. The lowest BCUT2D eigenvalue weighted by molar-refractivity contribution is -0.121. The maximum atomic E-state index is 12.6. The summed E-state index contributed by atoms with van der Waals surface area (Å²) in [7, 11) is 1.64. The SMILES string of the molecule is Cn1oc(=O)c2c1NC1=C(C(=O)COC1)C2c1ccc2c(c1)NON2. The molecule has 1 unspecified atom stereocenters. The van der Waals surface area contributed by atoms with E-state index in [-0.39, 0.29) is 19.0 Å². The molecule has 0 bridgehead atoms. The van der Waals surface area contributed by atoms with Crippen molar-refractivity contribution in [3.63, 3.8) is 0 Å². The number of ether oxygens (including phenoxy) is 1. The quantitative estimate of drug-likeness (QED) is 0.707. The van der Waals surface area contributed by atoms with Crippen LogP contribution in [0.4, 0.5) is 17.2 Å². The maximum Gasteiger partial charge on any atom is 0.363 e. The number of hydrogen-bond acceptors (Lipinski definition) is 8. The van der Waals surface area contributed by atoms with Crippen LogP contribution in [0.2, 0.25) is 0 Å². The monoisotopic (exact) mass is 342 g/mol. The van der Waals surface area contributed by atoms with Gasteiger partial charge in [-0.05, 0) is 17.7 Å². The number of carbonyl (C=O) groups is 1. The molecule has 0 saturated carbocycles. The first-order valence-corrected chi connectivity index (χ1v) is 7.76. The van der Waals surface area contributed by atoms with E-state index in [1.165, 1.54) is 4.74 Å². The van der Waals surface area contributed by atoms with E-state index in [1.54, 1.807) is 7.05 Å². The molecule has 3 aliphatic rings. The van der Waals surface area contributed by atoms with Crippen molar-refractivity contribution >= 4 is 23.0 Å². The third kappa shape index (κ3) is 1.96. The third-order valence-corrected chi connectivity index (χ3v) is 4.66. The summed E-state index contributed by atoms with van der Waals surface area (Å²) in [4.78, 5) is 30.0. The van der Waals surface area contributed by atoms with Crippen LogP contribution >= 0.6 is 0 Å². The van der Waals surface area contributed by atoms with Crippen molar-refractivity contribution in [2.24, 2.45) is 7.05 Å². The van der Waals surface area contributed by atoms with Gasteiger partial charge in [-0.15, -0.1) is 0 Å². The van der Waals surface area contributed by atoms with Crippen LogP contribution in [-0.4, -0.2) is 23.7 Å². The Morgan fingerprint density at radius 1 is 1.16 bits per heavy atom. The summed E-state index contributed by atoms with van der Waals surface area (Å²) in [5.74, 6) is -0.127. The summed E-state index contributed by atoms with van der Waals surface area (Å²) in [6.07, 6.45) is 0. The van der Waals surface area contributed by atoms with Gasteiger partial charge in [0.15, 0.2) is 11.6 Å². The number of nitrogens with zero attached hydrogens (tertiary/aromatic N) is 1. The van der Waals surface area contributed by atoms with Gasteiger partial charge in [0.25, 0.3) is 0 Å². The van der Waals surface area contributed by atoms with Gasteiger partial charge >= 0.3 is 5.63 Å². The van der Waals surface area contributed by atoms with Gasteiger partial charge < -0.3 is 14.6 Å². The maximum absolute atomic E-state index is 12.6. The molecule has 25 heavy (non-hydrogen) atoms. The number of Topliss-reactive ketones (excluding diaryl/α,β-unsaturated/α-hetero) is 1. The Labute approximate surface area is 141 Å². The number of aromatic nitrogens is 1. The molecule has 0 aliphatic carbocycles. The first kappa shape index (κ1) is 14.3. The molecule has 0 saturated heterocycles. The zero-order valence-electron chi connectivity index (χ0n) is 13.2. The number of hydrogen-bond donors (Lipinski definition) is 3. The average Bonchev–Trinajstić information content (AvgIpc) is 3.18. The fourth-order valence-corrected chi connectivity index (χ4v) is 3.57. The number of benzene rings is 1. The first-order valence-electron chi connectivity index (χ1n) is 7.76. The van der Waals surface area contributed by atoms with Crippen molar-refractivity contribution in [3.05, 3.63) is 51.0 Å². The van der Waals surface area contributed by atoms with E-state index in [2.05, 4.69) is 16.3 Å². The average molecular weight is 342 g/mol. The molecule has 1 aromatic heterocycles. The molecular formula is C16H14N4O5. The van der Waals surface area contributed by atoms with Crippen LogP contribution in [-0.2, 0) is 21.5 Å². The second kappa shape index (κ2) is 4.98. The van der Waals surface area contributed by atoms with E-state index >= 15 is 0 Å². The Morgan fingerprint density at radius 3 is 2.88 bits per heavy atom. The minimum atomic E-state index is -0.521. The van der Waals surface area contributed by atoms with Gasteiger partial charge in [-0.3, -0.25) is 4.79 Å². The highest BCUT2D eigenvalue weighted by Crippen LogP contribution is 2.43. The Balaban J connectivity index is 1.76. The normalized spacial score (nSPS) is 21.0. The Kier molecular flexibility index (Phi) is 2.85. The lowest BCUT2D eigenvalue weighted by Gasteiger charge is -2.31. The van der Waals surface area contributed by atoms with Crippen LogP contribution in [0.5, 0.6) is 0 Å². The van der Waals surface area contributed by atoms with Crippen LogP contribution in [0.15, 0.2) is 38.8 Å². The van der Waals surface area contributed by atoms with Gasteiger partial charge in [-0.25, -0.2) is 15.8 Å². The molecule has 0 spiro atoms. The number of carbonyl (C=O) groups excluding carboxylic acids is 1. The molecule has 3 N–H and O–H groups in total. The summed E-state index contributed by atoms with van der Waals surface area (Å²) in [6, 6.07) is 5.55. The molecule has 4 heterocycles. The molecule has 0 fully saturated rings. The van der Waals surface area contributed by atoms with E-state index in [0.29, 0.717) is 22.7 Å². The van der Waals surface area contributed by atoms with E-state index in [4.69, 9.17) is 14.2 Å². The van der Waals surface area contributed by atoms with Crippen LogP contribution in [0.3, 0.4) is 0 Å². The summed E-state index contributed by atoms with van der Waals surface area (Å²) in [5.41, 5.74) is 8.94. The first-order chi connectivity index (χ1) is 12.1. The van der Waals surface area contributed by atoms with Crippen LogP contribution < -0.4 is 21.9 Å². The van der Waals surface area contributed by atoms with E-state index in [9.17, 15) is 9.59 Å². The summed E-state index contributed by atoms with van der Waals surface area (Å²) in [5, 5.41) is 3.12. The second-order valence-corrected chi connectivity index (χ2v) is 6.12. The standard InChI is InChI=1S/C16H14N4O5/c1-20-15-14(16(22)24-20)12(13-10(17-15)5-23-6-11(13)21)7-2-3-8-9(4-7)19-25-18-8/h2-4,12,17-19H,5-6H2,1H3. The van der Waals surface area contributed by atoms with E-state index in [1.807, 2.05) is 18.2 Å². The van der Waals surface area contributed by atoms with Crippen LogP contribution in [0, 0.1) is 0 Å². The molecule has 0 radical (unpaired) electrons. The van der Waals surface area contributed by atoms with Gasteiger partial charge in [0.2, 0.25) is 0 Å². The van der Waals surface area contributed by atoms with Crippen molar-refractivity contribution in [1.29, 1.82) is 0 Å². The highest BCUT2D eigenvalue weighted by Gasteiger charge is 2.40. The highest BCUT2D eigenvalue weighted by atomic mass is 16.8. The number of fused-ring (bicyclic) bond motifs is 2. The lowest BCUT2D eigenvalue weighted by Crippen LogP contribution is -2.34. The molecule has 128 valence electrons. The third-order valence-electron chi connectivity index (χ3n) is 4.66. The molecule has 9 heteroatoms. The topological polar surface area (TPSA) is 107 Å². The zero-order chi connectivity index (χ0) is 17.1. The van der Waals surface area contributed by atoms with Crippen molar-refractivity contribution in [3.8, 4) is 0 Å². The summed E-state index contributed by atoms with van der Waals surface area (Å²) >= 11 is 0. The molecule has 9 nitrogen and oxygen atoms in total. The Hall–Kier alpha value is -3.04. The predicted octanol–water partition coefficient (Wildman–Crippen LogP) is 1.07. The van der Waals surface area contributed by atoms with E-state index in [0.717, 1.165) is 16.9 Å². The fraction of sp³-hybridized carbons (Fsp3) is 0.250. The van der Waals surface area contributed by atoms with Crippen molar-refractivity contribution < 1.29 is 19.0 Å². The van der Waals surface area contributed by atoms with Crippen LogP contribution in [0.25, 0.3) is 0 Å². The van der Waals surface area contributed by atoms with Crippen molar-refractivity contribution in [2.75, 3.05) is 29.5 Å². The minimum absolute atomic E-state index is 0.00162. The van der Waals surface area contributed by atoms with E-state index < -0.39 is 11.5 Å². The second-order valence-electron chi connectivity index (χ2n) is 6.12. The van der Waals surface area contributed by atoms with Gasteiger partial charge in [0.05, 0.1) is 35.2 Å². The number of anilines is 3. The molecule has 3 aliphatic heterocycles. The summed E-state index contributed by atoms with van der Waals surface area (Å²) in [6.45, 7) is 0.280. The molecule has 2 aromatic rings. The zero-order valence-corrected chi connectivity index (χ0v) is 13.2. The molecule has 1 atom stereocenters. The number of aryl methyl sites for hydroxylation is 1. The molecule has 1 aromatic carbocycles. The largest absolute Gasteiger partial charge is 0.367 e. The number of ketones is 1. The van der Waals surface area contributed by atoms with Crippen molar-refractivity contribution in [2.45, 2.75) is 5.92 Å². The van der Waals surface area contributed by atoms with Crippen LogP contribution in [0.1, 0.15) is 17.0 Å². The van der Waals surface area contributed by atoms with Gasteiger partial charge in [0.1, 0.15) is 6.61 Å². The molecule has 5 rings (SSSR count). The molecular weight excluding hydrogens is 328 g/mol.